The van der Waals surface area contributed by atoms with E-state index in [-0.39, 0.29) is 11.5 Å². The standard InChI is InChI=1S/C25H20ClN3O3/c1-2-21(19-12-11-17(30)13-24(19)31)28-29-25(32)20-14-23(15-7-9-16(26)10-8-15)27-22-6-4-3-5-18(20)22/h3-14,30-31H,2H2,1H3,(H,29,32)/b28-21+. The molecule has 0 fully saturated rings. The Kier molecular flexibility index (Phi) is 6.05. The molecule has 0 aliphatic heterocycles. The number of hydrazone groups is 1. The predicted octanol–water partition coefficient (Wildman–Crippen LogP) is 5.51. The van der Waals surface area contributed by atoms with Crippen LogP contribution in [0.3, 0.4) is 0 Å². The summed E-state index contributed by atoms with van der Waals surface area (Å²) in [5.41, 5.74) is 6.09. The SMILES string of the molecule is CC/C(=N\NC(=O)c1cc(-c2ccc(Cl)cc2)nc2ccccc12)c1ccc(O)cc1O. The van der Waals surface area contributed by atoms with Gasteiger partial charge in [0.2, 0.25) is 0 Å². The molecule has 0 aliphatic rings. The third-order valence-electron chi connectivity index (χ3n) is 5.02. The van der Waals surface area contributed by atoms with Crippen molar-refractivity contribution in [2.45, 2.75) is 13.3 Å². The molecule has 0 saturated heterocycles. The number of carbonyl (C=O) groups is 1. The molecule has 4 rings (SSSR count). The van der Waals surface area contributed by atoms with Gasteiger partial charge in [0.1, 0.15) is 11.5 Å². The second-order valence-electron chi connectivity index (χ2n) is 7.13. The van der Waals surface area contributed by atoms with E-state index < -0.39 is 5.91 Å². The highest BCUT2D eigenvalue weighted by Gasteiger charge is 2.15. The molecular formula is C25H20ClN3O3. The smallest absolute Gasteiger partial charge is 0.272 e. The predicted molar refractivity (Wildman–Crippen MR) is 126 cm³/mol. The monoisotopic (exact) mass is 445 g/mol. The van der Waals surface area contributed by atoms with Gasteiger partial charge in [-0.05, 0) is 42.8 Å². The van der Waals surface area contributed by atoms with Gasteiger partial charge in [0.15, 0.2) is 0 Å². The zero-order valence-electron chi connectivity index (χ0n) is 17.2. The minimum absolute atomic E-state index is 0.0521. The van der Waals surface area contributed by atoms with Crippen LogP contribution < -0.4 is 5.43 Å². The fourth-order valence-corrected chi connectivity index (χ4v) is 3.53. The number of amides is 1. The molecule has 0 radical (unpaired) electrons. The van der Waals surface area contributed by atoms with Gasteiger partial charge < -0.3 is 10.2 Å². The van der Waals surface area contributed by atoms with Crippen molar-refractivity contribution in [1.29, 1.82) is 0 Å². The zero-order valence-corrected chi connectivity index (χ0v) is 18.0. The van der Waals surface area contributed by atoms with Crippen LogP contribution in [0.25, 0.3) is 22.2 Å². The summed E-state index contributed by atoms with van der Waals surface area (Å²) in [6.45, 7) is 1.86. The van der Waals surface area contributed by atoms with E-state index in [0.717, 1.165) is 5.56 Å². The van der Waals surface area contributed by atoms with Crippen LogP contribution in [0, 0.1) is 0 Å². The number of pyridine rings is 1. The molecule has 3 N–H and O–H groups in total. The first kappa shape index (κ1) is 21.3. The molecule has 0 aliphatic carbocycles. The van der Waals surface area contributed by atoms with Crippen molar-refractivity contribution < 1.29 is 15.0 Å². The van der Waals surface area contributed by atoms with E-state index in [4.69, 9.17) is 11.6 Å². The number of fused-ring (bicyclic) bond motifs is 1. The molecule has 6 nitrogen and oxygen atoms in total. The summed E-state index contributed by atoms with van der Waals surface area (Å²) in [6, 6.07) is 20.6. The maximum absolute atomic E-state index is 13.1. The van der Waals surface area contributed by atoms with Crippen LogP contribution in [-0.4, -0.2) is 26.8 Å². The number of carbonyl (C=O) groups excluding carboxylic acids is 1. The lowest BCUT2D eigenvalue weighted by atomic mass is 10.0. The molecule has 0 bridgehead atoms. The van der Waals surface area contributed by atoms with Crippen molar-refractivity contribution in [3.8, 4) is 22.8 Å². The average Bonchev–Trinajstić information content (AvgIpc) is 2.80. The fraction of sp³-hybridized carbons (Fsp3) is 0.0800. The Morgan fingerprint density at radius 1 is 1.00 bits per heavy atom. The number of hydrogen-bond acceptors (Lipinski definition) is 5. The lowest BCUT2D eigenvalue weighted by Gasteiger charge is -2.11. The van der Waals surface area contributed by atoms with Gasteiger partial charge in [-0.3, -0.25) is 4.79 Å². The number of phenols is 2. The minimum atomic E-state index is -0.400. The second kappa shape index (κ2) is 9.08. The van der Waals surface area contributed by atoms with Gasteiger partial charge in [-0.25, -0.2) is 10.4 Å². The summed E-state index contributed by atoms with van der Waals surface area (Å²) in [6.07, 6.45) is 0.464. The second-order valence-corrected chi connectivity index (χ2v) is 7.57. The largest absolute Gasteiger partial charge is 0.508 e. The molecule has 7 heteroatoms. The van der Waals surface area contributed by atoms with E-state index in [1.807, 2.05) is 43.3 Å². The summed E-state index contributed by atoms with van der Waals surface area (Å²) in [5.74, 6) is -0.564. The summed E-state index contributed by atoms with van der Waals surface area (Å²) >= 11 is 6.00. The number of para-hydroxylation sites is 1. The number of phenolic OH excluding ortho intramolecular Hbond substituents is 2. The molecule has 0 saturated carbocycles. The molecule has 32 heavy (non-hydrogen) atoms. The summed E-state index contributed by atoms with van der Waals surface area (Å²) < 4.78 is 0. The van der Waals surface area contributed by atoms with Crippen LogP contribution in [-0.2, 0) is 0 Å². The van der Waals surface area contributed by atoms with Crippen LogP contribution in [0.4, 0.5) is 0 Å². The number of nitrogens with one attached hydrogen (secondary N) is 1. The Morgan fingerprint density at radius 2 is 1.75 bits per heavy atom. The van der Waals surface area contributed by atoms with Gasteiger partial charge in [-0.15, -0.1) is 0 Å². The number of benzene rings is 3. The lowest BCUT2D eigenvalue weighted by Crippen LogP contribution is -2.20. The Hall–Kier alpha value is -3.90. The number of aromatic hydroxyl groups is 2. The van der Waals surface area contributed by atoms with E-state index in [1.54, 1.807) is 24.3 Å². The molecule has 0 unspecified atom stereocenters. The number of hydrogen-bond donors (Lipinski definition) is 3. The first-order valence-electron chi connectivity index (χ1n) is 10.0. The van der Waals surface area contributed by atoms with Gasteiger partial charge in [-0.2, -0.15) is 5.10 Å². The molecule has 1 amide bonds. The Morgan fingerprint density at radius 3 is 2.47 bits per heavy atom. The third-order valence-corrected chi connectivity index (χ3v) is 5.27. The normalized spacial score (nSPS) is 11.5. The fourth-order valence-electron chi connectivity index (χ4n) is 3.40. The molecule has 4 aromatic rings. The van der Waals surface area contributed by atoms with E-state index in [9.17, 15) is 15.0 Å². The van der Waals surface area contributed by atoms with E-state index >= 15 is 0 Å². The number of nitrogens with zero attached hydrogens (tertiary/aromatic N) is 2. The van der Waals surface area contributed by atoms with Gasteiger partial charge in [-0.1, -0.05) is 48.9 Å². The van der Waals surface area contributed by atoms with Crippen molar-refractivity contribution >= 4 is 34.1 Å². The van der Waals surface area contributed by atoms with Gasteiger partial charge in [0, 0.05) is 27.6 Å². The van der Waals surface area contributed by atoms with Gasteiger partial charge >= 0.3 is 0 Å². The Bertz CT molecular complexity index is 1330. The zero-order chi connectivity index (χ0) is 22.7. The highest BCUT2D eigenvalue weighted by Crippen LogP contribution is 2.27. The molecule has 1 aromatic heterocycles. The van der Waals surface area contributed by atoms with Gasteiger partial charge in [0.25, 0.3) is 5.91 Å². The maximum Gasteiger partial charge on any atom is 0.272 e. The number of rotatable bonds is 5. The molecule has 0 atom stereocenters. The minimum Gasteiger partial charge on any atom is -0.508 e. The first-order chi connectivity index (χ1) is 15.5. The average molecular weight is 446 g/mol. The summed E-state index contributed by atoms with van der Waals surface area (Å²) in [7, 11) is 0. The lowest BCUT2D eigenvalue weighted by molar-refractivity contribution is 0.0956. The van der Waals surface area contributed by atoms with Crippen LogP contribution in [0.1, 0.15) is 29.3 Å². The van der Waals surface area contributed by atoms with Crippen molar-refractivity contribution in [2.24, 2.45) is 5.10 Å². The molecule has 160 valence electrons. The van der Waals surface area contributed by atoms with E-state index in [2.05, 4.69) is 15.5 Å². The van der Waals surface area contributed by atoms with E-state index in [1.165, 1.54) is 12.1 Å². The summed E-state index contributed by atoms with van der Waals surface area (Å²) in [4.78, 5) is 17.8. The topological polar surface area (TPSA) is 94.8 Å². The van der Waals surface area contributed by atoms with Crippen molar-refractivity contribution in [3.05, 3.63) is 88.9 Å². The van der Waals surface area contributed by atoms with Crippen LogP contribution >= 0.6 is 11.6 Å². The number of halogens is 1. The molecule has 0 spiro atoms. The molecule has 1 heterocycles. The highest BCUT2D eigenvalue weighted by molar-refractivity contribution is 6.30. The molecule has 3 aromatic carbocycles. The van der Waals surface area contributed by atoms with Crippen molar-refractivity contribution in [1.82, 2.24) is 10.4 Å². The Labute approximate surface area is 189 Å². The van der Waals surface area contributed by atoms with Crippen molar-refractivity contribution in [3.63, 3.8) is 0 Å². The van der Waals surface area contributed by atoms with Crippen molar-refractivity contribution in [2.75, 3.05) is 0 Å². The van der Waals surface area contributed by atoms with Crippen LogP contribution in [0.2, 0.25) is 5.02 Å². The van der Waals surface area contributed by atoms with Gasteiger partial charge in [0.05, 0.1) is 22.5 Å². The first-order valence-corrected chi connectivity index (χ1v) is 10.4. The third kappa shape index (κ3) is 4.40. The Balaban J connectivity index is 1.72. The van der Waals surface area contributed by atoms with E-state index in [0.29, 0.717) is 44.9 Å². The quantitative estimate of drug-likeness (QED) is 0.279. The maximum atomic E-state index is 13.1. The highest BCUT2D eigenvalue weighted by atomic mass is 35.5. The van der Waals surface area contributed by atoms with Crippen LogP contribution in [0.15, 0.2) is 77.9 Å². The van der Waals surface area contributed by atoms with Crippen LogP contribution in [0.5, 0.6) is 11.5 Å². The number of aromatic nitrogens is 1. The summed E-state index contributed by atoms with van der Waals surface area (Å²) in [5, 5.41) is 25.2. The molecular weight excluding hydrogens is 426 g/mol.